The molecule has 1 atom stereocenters. The van der Waals surface area contributed by atoms with Crippen LogP contribution in [0.1, 0.15) is 11.6 Å². The molecule has 0 aromatic heterocycles. The Morgan fingerprint density at radius 1 is 1.00 bits per heavy atom. The quantitative estimate of drug-likeness (QED) is 0.747. The summed E-state index contributed by atoms with van der Waals surface area (Å²) in [7, 11) is -1.69. The summed E-state index contributed by atoms with van der Waals surface area (Å²) < 4.78 is 53.0. The van der Waals surface area contributed by atoms with Gasteiger partial charge in [0.2, 0.25) is 10.0 Å². The number of halogens is 1. The van der Waals surface area contributed by atoms with Crippen LogP contribution >= 0.6 is 0 Å². The molecule has 0 spiro atoms. The molecule has 30 heavy (non-hydrogen) atoms. The van der Waals surface area contributed by atoms with Crippen molar-refractivity contribution in [2.75, 3.05) is 53.0 Å². The summed E-state index contributed by atoms with van der Waals surface area (Å²) in [5.74, 6) is 0.660. The van der Waals surface area contributed by atoms with E-state index in [-0.39, 0.29) is 23.3 Å². The number of fused-ring (bicyclic) bond motifs is 1. The molecular formula is C21H26FN3O4S. The second-order valence-electron chi connectivity index (χ2n) is 7.56. The van der Waals surface area contributed by atoms with Crippen LogP contribution in [-0.4, -0.2) is 71.2 Å². The molecule has 7 nitrogen and oxygen atoms in total. The van der Waals surface area contributed by atoms with Gasteiger partial charge in [-0.1, -0.05) is 12.1 Å². The number of ether oxygens (including phenoxy) is 2. The summed E-state index contributed by atoms with van der Waals surface area (Å²) in [6, 6.07) is 10.7. The maximum absolute atomic E-state index is 13.4. The van der Waals surface area contributed by atoms with Crippen molar-refractivity contribution < 1.29 is 22.3 Å². The molecule has 2 aromatic carbocycles. The highest BCUT2D eigenvalue weighted by Crippen LogP contribution is 2.32. The molecule has 1 N–H and O–H groups in total. The zero-order chi connectivity index (χ0) is 21.1. The zero-order valence-corrected chi connectivity index (χ0v) is 17.7. The Kier molecular flexibility index (Phi) is 6.24. The van der Waals surface area contributed by atoms with Crippen molar-refractivity contribution >= 4 is 10.0 Å². The monoisotopic (exact) mass is 435 g/mol. The number of likely N-dealkylation sites (N-methyl/N-ethyl adjacent to an activating group) is 1. The molecular weight excluding hydrogens is 409 g/mol. The van der Waals surface area contributed by atoms with Crippen LogP contribution in [0.3, 0.4) is 0 Å². The van der Waals surface area contributed by atoms with E-state index >= 15 is 0 Å². The minimum Gasteiger partial charge on any atom is -0.486 e. The third-order valence-corrected chi connectivity index (χ3v) is 6.95. The van der Waals surface area contributed by atoms with Crippen molar-refractivity contribution in [1.29, 1.82) is 0 Å². The number of hydrogen-bond donors (Lipinski definition) is 1. The fourth-order valence-electron chi connectivity index (χ4n) is 3.74. The van der Waals surface area contributed by atoms with E-state index in [9.17, 15) is 12.8 Å². The number of piperazine rings is 1. The number of hydrogen-bond acceptors (Lipinski definition) is 6. The highest BCUT2D eigenvalue weighted by Gasteiger charge is 2.27. The zero-order valence-electron chi connectivity index (χ0n) is 16.9. The van der Waals surface area contributed by atoms with Gasteiger partial charge >= 0.3 is 0 Å². The van der Waals surface area contributed by atoms with Gasteiger partial charge in [-0.25, -0.2) is 17.5 Å². The first-order valence-corrected chi connectivity index (χ1v) is 11.5. The van der Waals surface area contributed by atoms with Gasteiger partial charge in [-0.15, -0.1) is 0 Å². The van der Waals surface area contributed by atoms with Gasteiger partial charge in [-0.2, -0.15) is 0 Å². The lowest BCUT2D eigenvalue weighted by molar-refractivity contribution is 0.113. The predicted molar refractivity (Wildman–Crippen MR) is 111 cm³/mol. The number of rotatable bonds is 6. The van der Waals surface area contributed by atoms with Gasteiger partial charge in [-0.05, 0) is 36.9 Å². The molecule has 1 fully saturated rings. The molecule has 1 saturated heterocycles. The smallest absolute Gasteiger partial charge is 0.240 e. The predicted octanol–water partition coefficient (Wildman–Crippen LogP) is 1.86. The van der Waals surface area contributed by atoms with Crippen LogP contribution in [0.4, 0.5) is 4.39 Å². The molecule has 0 saturated carbocycles. The van der Waals surface area contributed by atoms with Gasteiger partial charge in [0.15, 0.2) is 11.5 Å². The highest BCUT2D eigenvalue weighted by molar-refractivity contribution is 7.89. The van der Waals surface area contributed by atoms with Crippen molar-refractivity contribution in [2.24, 2.45) is 0 Å². The molecule has 2 heterocycles. The van der Waals surface area contributed by atoms with Gasteiger partial charge < -0.3 is 14.4 Å². The lowest BCUT2D eigenvalue weighted by Crippen LogP contribution is -2.48. The third-order valence-electron chi connectivity index (χ3n) is 5.52. The van der Waals surface area contributed by atoms with Gasteiger partial charge in [0.25, 0.3) is 0 Å². The van der Waals surface area contributed by atoms with Gasteiger partial charge in [0.1, 0.15) is 19.0 Å². The summed E-state index contributed by atoms with van der Waals surface area (Å²) in [5, 5.41) is 0. The Bertz CT molecular complexity index is 976. The van der Waals surface area contributed by atoms with E-state index in [2.05, 4.69) is 21.6 Å². The highest BCUT2D eigenvalue weighted by atomic mass is 32.2. The average molecular weight is 436 g/mol. The number of benzene rings is 2. The second-order valence-corrected chi connectivity index (χ2v) is 9.33. The number of sulfonamides is 1. The molecule has 0 amide bonds. The summed E-state index contributed by atoms with van der Waals surface area (Å²) in [6.45, 7) is 4.43. The van der Waals surface area contributed by atoms with Gasteiger partial charge in [0, 0.05) is 44.8 Å². The molecule has 162 valence electrons. The minimum absolute atomic E-state index is 0.128. The fraction of sp³-hybridized carbons (Fsp3) is 0.429. The molecule has 0 unspecified atom stereocenters. The normalized spacial score (nSPS) is 18.9. The van der Waals surface area contributed by atoms with Crippen LogP contribution in [0.5, 0.6) is 11.5 Å². The summed E-state index contributed by atoms with van der Waals surface area (Å²) in [6.07, 6.45) is 0. The van der Waals surface area contributed by atoms with Crippen LogP contribution in [0.15, 0.2) is 47.4 Å². The molecule has 4 rings (SSSR count). The Morgan fingerprint density at radius 2 is 1.67 bits per heavy atom. The van der Waals surface area contributed by atoms with Crippen molar-refractivity contribution in [3.8, 4) is 11.5 Å². The first kappa shape index (κ1) is 21.0. The van der Waals surface area contributed by atoms with E-state index in [1.54, 1.807) is 18.2 Å². The van der Waals surface area contributed by atoms with Gasteiger partial charge in [-0.3, -0.25) is 4.90 Å². The minimum atomic E-state index is -3.75. The standard InChI is InChI=1S/C21H26FN3O4S/c1-24-8-10-25(11-9-24)19(16-2-4-17(22)5-3-16)15-23-30(26,27)18-6-7-20-21(14-18)29-13-12-28-20/h2-7,14,19,23H,8-13,15H2,1H3/t19-/m1/s1. The van der Waals surface area contributed by atoms with Crippen molar-refractivity contribution in [3.05, 3.63) is 53.8 Å². The van der Waals surface area contributed by atoms with Crippen LogP contribution in [0, 0.1) is 5.82 Å². The maximum Gasteiger partial charge on any atom is 0.240 e. The van der Waals surface area contributed by atoms with Crippen LogP contribution in [0.25, 0.3) is 0 Å². The third kappa shape index (κ3) is 4.75. The van der Waals surface area contributed by atoms with Crippen LogP contribution in [0.2, 0.25) is 0 Å². The first-order valence-electron chi connectivity index (χ1n) is 10.00. The molecule has 0 aliphatic carbocycles. The topological polar surface area (TPSA) is 71.1 Å². The molecule has 2 aromatic rings. The van der Waals surface area contributed by atoms with Crippen LogP contribution < -0.4 is 14.2 Å². The molecule has 9 heteroatoms. The fourth-order valence-corrected chi connectivity index (χ4v) is 4.79. The van der Waals surface area contributed by atoms with E-state index in [4.69, 9.17) is 9.47 Å². The summed E-state index contributed by atoms with van der Waals surface area (Å²) in [5.41, 5.74) is 0.880. The lowest BCUT2D eigenvalue weighted by Gasteiger charge is -2.38. The lowest BCUT2D eigenvalue weighted by atomic mass is 10.0. The second kappa shape index (κ2) is 8.89. The number of nitrogens with one attached hydrogen (secondary N) is 1. The Hall–Kier alpha value is -2.20. The van der Waals surface area contributed by atoms with Crippen LogP contribution in [-0.2, 0) is 10.0 Å². The van der Waals surface area contributed by atoms with E-state index in [1.165, 1.54) is 24.3 Å². The first-order chi connectivity index (χ1) is 14.4. The van der Waals surface area contributed by atoms with E-state index < -0.39 is 10.0 Å². The largest absolute Gasteiger partial charge is 0.486 e. The van der Waals surface area contributed by atoms with E-state index in [0.717, 1.165) is 31.7 Å². The van der Waals surface area contributed by atoms with Crippen molar-refractivity contribution in [3.63, 3.8) is 0 Å². The SMILES string of the molecule is CN1CCN([C@H](CNS(=O)(=O)c2ccc3c(c2)OCCO3)c2ccc(F)cc2)CC1. The van der Waals surface area contributed by atoms with Crippen molar-refractivity contribution in [2.45, 2.75) is 10.9 Å². The molecule has 2 aliphatic heterocycles. The summed E-state index contributed by atoms with van der Waals surface area (Å²) >= 11 is 0. The van der Waals surface area contributed by atoms with E-state index in [0.29, 0.717) is 24.7 Å². The Labute approximate surface area is 176 Å². The van der Waals surface area contributed by atoms with Crippen molar-refractivity contribution in [1.82, 2.24) is 14.5 Å². The Balaban J connectivity index is 1.53. The number of nitrogens with zero attached hydrogens (tertiary/aromatic N) is 2. The Morgan fingerprint density at radius 3 is 2.37 bits per heavy atom. The molecule has 2 aliphatic rings. The molecule has 0 bridgehead atoms. The summed E-state index contributed by atoms with van der Waals surface area (Å²) in [4.78, 5) is 4.60. The maximum atomic E-state index is 13.4. The average Bonchev–Trinajstić information content (AvgIpc) is 2.76. The molecule has 0 radical (unpaired) electrons. The van der Waals surface area contributed by atoms with E-state index in [1.807, 2.05) is 0 Å². The van der Waals surface area contributed by atoms with Gasteiger partial charge in [0.05, 0.1) is 4.90 Å².